The van der Waals surface area contributed by atoms with E-state index in [4.69, 9.17) is 27.9 Å². The van der Waals surface area contributed by atoms with E-state index in [2.05, 4.69) is 5.32 Å². The van der Waals surface area contributed by atoms with Crippen LogP contribution in [0.4, 0.5) is 5.69 Å². The molecule has 0 aliphatic rings. The van der Waals surface area contributed by atoms with Gasteiger partial charge in [0, 0.05) is 15.7 Å². The molecular weight excluding hydrogens is 349 g/mol. The van der Waals surface area contributed by atoms with Crippen LogP contribution in [0, 0.1) is 13.8 Å². The van der Waals surface area contributed by atoms with Gasteiger partial charge < -0.3 is 10.1 Å². The number of hydrogen-bond acceptors (Lipinski definition) is 3. The first-order valence-electron chi connectivity index (χ1n) is 7.31. The molecule has 4 nitrogen and oxygen atoms in total. The van der Waals surface area contributed by atoms with E-state index in [1.54, 1.807) is 30.3 Å². The Morgan fingerprint density at radius 2 is 1.62 bits per heavy atom. The molecule has 2 aromatic rings. The molecule has 126 valence electrons. The predicted octanol–water partition coefficient (Wildman–Crippen LogP) is 4.79. The van der Waals surface area contributed by atoms with Crippen molar-refractivity contribution in [2.45, 2.75) is 26.9 Å². The molecule has 0 saturated carbocycles. The van der Waals surface area contributed by atoms with Crippen molar-refractivity contribution >= 4 is 40.8 Å². The number of hydrogen-bond donors (Lipinski definition) is 1. The van der Waals surface area contributed by atoms with Crippen molar-refractivity contribution in [2.75, 3.05) is 5.32 Å². The van der Waals surface area contributed by atoms with Crippen LogP contribution in [0.25, 0.3) is 0 Å². The third-order valence-electron chi connectivity index (χ3n) is 3.53. The van der Waals surface area contributed by atoms with Crippen molar-refractivity contribution in [2.24, 2.45) is 0 Å². The second-order valence-electron chi connectivity index (χ2n) is 5.49. The van der Waals surface area contributed by atoms with Gasteiger partial charge in [-0.2, -0.15) is 0 Å². The number of ether oxygens (including phenoxy) is 1. The fraction of sp³-hybridized carbons (Fsp3) is 0.222. The van der Waals surface area contributed by atoms with E-state index < -0.39 is 18.0 Å². The van der Waals surface area contributed by atoms with Crippen molar-refractivity contribution in [3.63, 3.8) is 0 Å². The van der Waals surface area contributed by atoms with Crippen LogP contribution in [0.3, 0.4) is 0 Å². The number of aryl methyl sites for hydroxylation is 2. The average molecular weight is 366 g/mol. The Balaban J connectivity index is 2.02. The average Bonchev–Trinajstić information content (AvgIpc) is 2.48. The molecule has 0 unspecified atom stereocenters. The smallest absolute Gasteiger partial charge is 0.338 e. The van der Waals surface area contributed by atoms with Gasteiger partial charge in [-0.05, 0) is 62.2 Å². The van der Waals surface area contributed by atoms with Crippen LogP contribution in [-0.4, -0.2) is 18.0 Å². The summed E-state index contributed by atoms with van der Waals surface area (Å²) in [6.45, 7) is 5.36. The Hall–Kier alpha value is -2.04. The standard InChI is InChI=1S/C18H17Cl2NO3/c1-10-4-5-13(6-11(10)2)18(23)24-12(3)17(22)21-16-8-14(19)7-15(20)9-16/h4-9,12H,1-3H3,(H,21,22)/t12-/m0/s1. The van der Waals surface area contributed by atoms with E-state index >= 15 is 0 Å². The molecule has 0 aromatic heterocycles. The molecule has 0 heterocycles. The van der Waals surface area contributed by atoms with E-state index in [1.165, 1.54) is 6.92 Å². The number of amides is 1. The van der Waals surface area contributed by atoms with E-state index in [1.807, 2.05) is 19.9 Å². The second-order valence-corrected chi connectivity index (χ2v) is 6.37. The minimum Gasteiger partial charge on any atom is -0.449 e. The molecule has 0 bridgehead atoms. The number of rotatable bonds is 4. The molecule has 6 heteroatoms. The summed E-state index contributed by atoms with van der Waals surface area (Å²) in [7, 11) is 0. The first kappa shape index (κ1) is 18.3. The van der Waals surface area contributed by atoms with E-state index in [9.17, 15) is 9.59 Å². The molecule has 0 radical (unpaired) electrons. The lowest BCUT2D eigenvalue weighted by Crippen LogP contribution is -2.30. The summed E-state index contributed by atoms with van der Waals surface area (Å²) in [5, 5.41) is 3.42. The van der Waals surface area contributed by atoms with Gasteiger partial charge in [-0.3, -0.25) is 4.79 Å². The van der Waals surface area contributed by atoms with E-state index in [0.29, 0.717) is 21.3 Å². The molecular formula is C18H17Cl2NO3. The third-order valence-corrected chi connectivity index (χ3v) is 3.96. The highest BCUT2D eigenvalue weighted by Crippen LogP contribution is 2.22. The summed E-state index contributed by atoms with van der Waals surface area (Å²) in [5.41, 5.74) is 2.90. The van der Waals surface area contributed by atoms with Gasteiger partial charge in [-0.1, -0.05) is 29.3 Å². The van der Waals surface area contributed by atoms with Crippen LogP contribution < -0.4 is 5.32 Å². The van der Waals surface area contributed by atoms with Crippen molar-refractivity contribution in [1.82, 2.24) is 0 Å². The number of carbonyl (C=O) groups is 2. The molecule has 1 N–H and O–H groups in total. The summed E-state index contributed by atoms with van der Waals surface area (Å²) in [4.78, 5) is 24.3. The van der Waals surface area contributed by atoms with Gasteiger partial charge in [0.2, 0.25) is 0 Å². The summed E-state index contributed by atoms with van der Waals surface area (Å²) in [6, 6.07) is 9.92. The SMILES string of the molecule is Cc1ccc(C(=O)O[C@@H](C)C(=O)Nc2cc(Cl)cc(Cl)c2)cc1C. The normalized spacial score (nSPS) is 11.7. The number of esters is 1. The van der Waals surface area contributed by atoms with Gasteiger partial charge in [0.1, 0.15) is 0 Å². The Morgan fingerprint density at radius 3 is 2.21 bits per heavy atom. The van der Waals surface area contributed by atoms with Gasteiger partial charge in [0.15, 0.2) is 6.10 Å². The van der Waals surface area contributed by atoms with Crippen LogP contribution in [0.2, 0.25) is 10.0 Å². The summed E-state index contributed by atoms with van der Waals surface area (Å²) >= 11 is 11.8. The molecule has 1 atom stereocenters. The fourth-order valence-corrected chi connectivity index (χ4v) is 2.55. The van der Waals surface area contributed by atoms with Crippen molar-refractivity contribution in [3.8, 4) is 0 Å². The molecule has 24 heavy (non-hydrogen) atoms. The van der Waals surface area contributed by atoms with Gasteiger partial charge in [-0.15, -0.1) is 0 Å². The van der Waals surface area contributed by atoms with Crippen LogP contribution in [0.15, 0.2) is 36.4 Å². The topological polar surface area (TPSA) is 55.4 Å². The molecule has 2 aromatic carbocycles. The van der Waals surface area contributed by atoms with Crippen LogP contribution in [0.5, 0.6) is 0 Å². The van der Waals surface area contributed by atoms with Gasteiger partial charge in [0.25, 0.3) is 5.91 Å². The maximum atomic E-state index is 12.1. The first-order chi connectivity index (χ1) is 11.3. The van der Waals surface area contributed by atoms with Gasteiger partial charge >= 0.3 is 5.97 Å². The van der Waals surface area contributed by atoms with Crippen molar-refractivity contribution in [1.29, 1.82) is 0 Å². The Morgan fingerprint density at radius 1 is 1.00 bits per heavy atom. The highest BCUT2D eigenvalue weighted by atomic mass is 35.5. The lowest BCUT2D eigenvalue weighted by molar-refractivity contribution is -0.123. The predicted molar refractivity (Wildman–Crippen MR) is 95.9 cm³/mol. The molecule has 1 amide bonds. The number of benzene rings is 2. The Labute approximate surface area is 150 Å². The number of nitrogens with one attached hydrogen (secondary N) is 1. The van der Waals surface area contributed by atoms with Crippen LogP contribution >= 0.6 is 23.2 Å². The number of carbonyl (C=O) groups excluding carboxylic acids is 2. The van der Waals surface area contributed by atoms with Gasteiger partial charge in [-0.25, -0.2) is 4.79 Å². The monoisotopic (exact) mass is 365 g/mol. The zero-order valence-corrected chi connectivity index (χ0v) is 15.0. The van der Waals surface area contributed by atoms with Gasteiger partial charge in [0.05, 0.1) is 5.56 Å². The van der Waals surface area contributed by atoms with E-state index in [0.717, 1.165) is 11.1 Å². The summed E-state index contributed by atoms with van der Waals surface area (Å²) in [5.74, 6) is -1.02. The quantitative estimate of drug-likeness (QED) is 0.792. The Bertz CT molecular complexity index is 770. The highest BCUT2D eigenvalue weighted by Gasteiger charge is 2.19. The number of anilines is 1. The lowest BCUT2D eigenvalue weighted by atomic mass is 10.1. The van der Waals surface area contributed by atoms with Crippen molar-refractivity contribution < 1.29 is 14.3 Å². The third kappa shape index (κ3) is 4.73. The first-order valence-corrected chi connectivity index (χ1v) is 8.07. The minimum atomic E-state index is -0.961. The van der Waals surface area contributed by atoms with Crippen LogP contribution in [-0.2, 0) is 9.53 Å². The maximum absolute atomic E-state index is 12.1. The zero-order chi connectivity index (χ0) is 17.9. The molecule has 0 saturated heterocycles. The minimum absolute atomic E-state index is 0.401. The fourth-order valence-electron chi connectivity index (χ4n) is 2.02. The molecule has 0 spiro atoms. The molecule has 0 fully saturated rings. The Kier molecular flexibility index (Phi) is 5.86. The summed E-state index contributed by atoms with van der Waals surface area (Å²) < 4.78 is 5.21. The van der Waals surface area contributed by atoms with Crippen LogP contribution in [0.1, 0.15) is 28.4 Å². The molecule has 0 aliphatic carbocycles. The lowest BCUT2D eigenvalue weighted by Gasteiger charge is -2.14. The highest BCUT2D eigenvalue weighted by molar-refractivity contribution is 6.35. The second kappa shape index (κ2) is 7.69. The number of halogens is 2. The van der Waals surface area contributed by atoms with E-state index in [-0.39, 0.29) is 0 Å². The molecule has 0 aliphatic heterocycles. The zero-order valence-electron chi connectivity index (χ0n) is 13.5. The molecule has 2 rings (SSSR count). The maximum Gasteiger partial charge on any atom is 0.338 e. The van der Waals surface area contributed by atoms with Crippen molar-refractivity contribution in [3.05, 3.63) is 63.1 Å². The summed E-state index contributed by atoms with van der Waals surface area (Å²) in [6.07, 6.45) is -0.961. The largest absolute Gasteiger partial charge is 0.449 e.